The lowest BCUT2D eigenvalue weighted by molar-refractivity contribution is 0.326. The molecular formula is C18H16FN3O2S. The Hall–Kier alpha value is -2.54. The summed E-state index contributed by atoms with van der Waals surface area (Å²) in [5.41, 5.74) is 1.54. The standard InChI is InChI=1S/C18H16FN3O2S/c19-15-11-16(14-9-5-2-6-10-14)22-17(15)20-18(21-22)25(23,24)12-13-7-3-1-4-8-13/h1-10,15-16H,11-12H2/t15-,16-/m0/s1. The van der Waals surface area contributed by atoms with Gasteiger partial charge in [0.2, 0.25) is 9.84 Å². The van der Waals surface area contributed by atoms with Gasteiger partial charge in [0.15, 0.2) is 12.0 Å². The summed E-state index contributed by atoms with van der Waals surface area (Å²) in [5.74, 6) is -0.120. The molecule has 0 spiro atoms. The molecule has 0 radical (unpaired) electrons. The number of nitrogens with zero attached hydrogens (tertiary/aromatic N) is 3. The first-order valence-corrected chi connectivity index (χ1v) is 9.62. The normalized spacial score (nSPS) is 19.7. The van der Waals surface area contributed by atoms with Crippen LogP contribution in [0.15, 0.2) is 65.8 Å². The first-order valence-electron chi connectivity index (χ1n) is 7.97. The zero-order valence-corrected chi connectivity index (χ0v) is 14.1. The van der Waals surface area contributed by atoms with Crippen molar-refractivity contribution >= 4 is 9.84 Å². The highest BCUT2D eigenvalue weighted by molar-refractivity contribution is 7.90. The van der Waals surface area contributed by atoms with Crippen LogP contribution in [0.25, 0.3) is 0 Å². The fraction of sp³-hybridized carbons (Fsp3) is 0.222. The Morgan fingerprint density at radius 3 is 2.36 bits per heavy atom. The predicted octanol–water partition coefficient (Wildman–Crippen LogP) is 3.26. The molecule has 0 saturated heterocycles. The molecule has 7 heteroatoms. The van der Waals surface area contributed by atoms with E-state index in [-0.39, 0.29) is 29.2 Å². The Morgan fingerprint density at radius 1 is 1.04 bits per heavy atom. The van der Waals surface area contributed by atoms with Crippen molar-refractivity contribution in [2.24, 2.45) is 0 Å². The summed E-state index contributed by atoms with van der Waals surface area (Å²) in [6.45, 7) is 0. The van der Waals surface area contributed by atoms with Gasteiger partial charge in [-0.15, -0.1) is 5.10 Å². The second-order valence-electron chi connectivity index (χ2n) is 6.07. The van der Waals surface area contributed by atoms with E-state index < -0.39 is 16.0 Å². The van der Waals surface area contributed by atoms with Gasteiger partial charge in [0.1, 0.15) is 0 Å². The number of halogens is 1. The van der Waals surface area contributed by atoms with E-state index in [1.54, 1.807) is 24.3 Å². The monoisotopic (exact) mass is 357 g/mol. The minimum absolute atomic E-state index is 0.0838. The highest BCUT2D eigenvalue weighted by Crippen LogP contribution is 2.39. The van der Waals surface area contributed by atoms with E-state index in [0.29, 0.717) is 5.56 Å². The molecule has 0 unspecified atom stereocenters. The quantitative estimate of drug-likeness (QED) is 0.719. The van der Waals surface area contributed by atoms with Crippen molar-refractivity contribution in [3.63, 3.8) is 0 Å². The zero-order chi connectivity index (χ0) is 17.4. The fourth-order valence-corrected chi connectivity index (χ4v) is 4.31. The van der Waals surface area contributed by atoms with Gasteiger partial charge >= 0.3 is 0 Å². The third-order valence-electron chi connectivity index (χ3n) is 4.31. The first-order chi connectivity index (χ1) is 12.0. The summed E-state index contributed by atoms with van der Waals surface area (Å²) < 4.78 is 41.0. The molecule has 0 saturated carbocycles. The second kappa shape index (κ2) is 6.07. The minimum Gasteiger partial charge on any atom is -0.239 e. The molecule has 4 rings (SSSR count). The van der Waals surface area contributed by atoms with Crippen molar-refractivity contribution in [1.29, 1.82) is 0 Å². The Morgan fingerprint density at radius 2 is 1.68 bits per heavy atom. The van der Waals surface area contributed by atoms with Gasteiger partial charge in [-0.3, -0.25) is 0 Å². The van der Waals surface area contributed by atoms with Crippen LogP contribution >= 0.6 is 0 Å². The minimum atomic E-state index is -3.73. The first kappa shape index (κ1) is 16.0. The molecule has 0 fully saturated rings. The molecule has 1 aliphatic heterocycles. The summed E-state index contributed by atoms with van der Waals surface area (Å²) in [6, 6.07) is 17.9. The maximum atomic E-state index is 14.4. The molecule has 5 nitrogen and oxygen atoms in total. The van der Waals surface area contributed by atoms with Gasteiger partial charge in [-0.25, -0.2) is 17.5 Å². The number of benzene rings is 2. The summed E-state index contributed by atoms with van der Waals surface area (Å²) in [4.78, 5) is 4.00. The number of sulfone groups is 1. The van der Waals surface area contributed by atoms with Gasteiger partial charge in [0.05, 0.1) is 11.8 Å². The van der Waals surface area contributed by atoms with E-state index in [0.717, 1.165) is 5.56 Å². The van der Waals surface area contributed by atoms with Gasteiger partial charge in [0, 0.05) is 6.42 Å². The summed E-state index contributed by atoms with van der Waals surface area (Å²) in [6.07, 6.45) is -1.10. The van der Waals surface area contributed by atoms with Crippen LogP contribution in [-0.2, 0) is 15.6 Å². The van der Waals surface area contributed by atoms with Crippen molar-refractivity contribution in [3.05, 3.63) is 77.6 Å². The van der Waals surface area contributed by atoms with Gasteiger partial charge in [-0.1, -0.05) is 60.7 Å². The molecule has 0 amide bonds. The lowest BCUT2D eigenvalue weighted by Crippen LogP contribution is -2.11. The summed E-state index contributed by atoms with van der Waals surface area (Å²) in [7, 11) is -3.73. The number of alkyl halides is 1. The van der Waals surface area contributed by atoms with Crippen LogP contribution in [0.4, 0.5) is 4.39 Å². The Balaban J connectivity index is 1.69. The molecule has 2 aromatic carbocycles. The van der Waals surface area contributed by atoms with E-state index in [4.69, 9.17) is 0 Å². The number of hydrogen-bond donors (Lipinski definition) is 0. The van der Waals surface area contributed by atoms with Crippen molar-refractivity contribution in [2.45, 2.75) is 29.5 Å². The molecule has 1 aliphatic rings. The highest BCUT2D eigenvalue weighted by atomic mass is 32.2. The Bertz CT molecular complexity index is 988. The molecule has 1 aromatic heterocycles. The smallest absolute Gasteiger partial charge is 0.239 e. The van der Waals surface area contributed by atoms with Gasteiger partial charge in [-0.05, 0) is 11.1 Å². The Kier molecular flexibility index (Phi) is 3.88. The second-order valence-corrected chi connectivity index (χ2v) is 7.95. The maximum absolute atomic E-state index is 14.4. The van der Waals surface area contributed by atoms with Crippen molar-refractivity contribution in [1.82, 2.24) is 14.8 Å². The van der Waals surface area contributed by atoms with Crippen LogP contribution in [0, 0.1) is 0 Å². The van der Waals surface area contributed by atoms with Crippen LogP contribution in [0.3, 0.4) is 0 Å². The fourth-order valence-electron chi connectivity index (χ4n) is 3.10. The van der Waals surface area contributed by atoms with Crippen molar-refractivity contribution < 1.29 is 12.8 Å². The molecule has 0 bridgehead atoms. The van der Waals surface area contributed by atoms with E-state index in [9.17, 15) is 12.8 Å². The Labute approximate surface area is 145 Å². The SMILES string of the molecule is O=S(=O)(Cc1ccccc1)c1nc2n(n1)[C@H](c1ccccc1)C[C@@H]2F. The highest BCUT2D eigenvalue weighted by Gasteiger charge is 2.37. The van der Waals surface area contributed by atoms with Crippen LogP contribution in [0.1, 0.15) is 35.6 Å². The van der Waals surface area contributed by atoms with E-state index in [1.165, 1.54) is 4.68 Å². The predicted molar refractivity (Wildman–Crippen MR) is 90.4 cm³/mol. The number of aromatic nitrogens is 3. The van der Waals surface area contributed by atoms with Crippen LogP contribution < -0.4 is 0 Å². The molecule has 2 atom stereocenters. The average Bonchev–Trinajstić information content (AvgIpc) is 3.18. The molecule has 3 aromatic rings. The lowest BCUT2D eigenvalue weighted by atomic mass is 10.0. The molecule has 0 N–H and O–H groups in total. The molecule has 0 aliphatic carbocycles. The molecular weight excluding hydrogens is 341 g/mol. The van der Waals surface area contributed by atoms with Gasteiger partial charge in [0.25, 0.3) is 5.16 Å². The van der Waals surface area contributed by atoms with Gasteiger partial charge in [-0.2, -0.15) is 4.98 Å². The maximum Gasteiger partial charge on any atom is 0.267 e. The summed E-state index contributed by atoms with van der Waals surface area (Å²) >= 11 is 0. The number of fused-ring (bicyclic) bond motifs is 1. The third kappa shape index (κ3) is 2.95. The van der Waals surface area contributed by atoms with Crippen molar-refractivity contribution in [3.8, 4) is 0 Å². The molecule has 25 heavy (non-hydrogen) atoms. The van der Waals surface area contributed by atoms with E-state index >= 15 is 0 Å². The van der Waals surface area contributed by atoms with Crippen molar-refractivity contribution in [2.75, 3.05) is 0 Å². The summed E-state index contributed by atoms with van der Waals surface area (Å²) in [5, 5.41) is 3.83. The largest absolute Gasteiger partial charge is 0.267 e. The van der Waals surface area contributed by atoms with Crippen LogP contribution in [0.2, 0.25) is 0 Å². The van der Waals surface area contributed by atoms with Gasteiger partial charge < -0.3 is 0 Å². The topological polar surface area (TPSA) is 64.8 Å². The number of rotatable bonds is 4. The van der Waals surface area contributed by atoms with Crippen LogP contribution in [-0.4, -0.2) is 23.2 Å². The van der Waals surface area contributed by atoms with E-state index in [2.05, 4.69) is 10.1 Å². The van der Waals surface area contributed by atoms with Crippen LogP contribution in [0.5, 0.6) is 0 Å². The molecule has 2 heterocycles. The van der Waals surface area contributed by atoms with E-state index in [1.807, 2.05) is 36.4 Å². The zero-order valence-electron chi connectivity index (χ0n) is 13.3. The number of hydrogen-bond acceptors (Lipinski definition) is 4. The molecule has 128 valence electrons. The average molecular weight is 357 g/mol. The third-order valence-corrected chi connectivity index (χ3v) is 5.75. The lowest BCUT2D eigenvalue weighted by Gasteiger charge is -2.11.